The van der Waals surface area contributed by atoms with E-state index in [2.05, 4.69) is 53.4 Å². The molecule has 1 aromatic rings. The average Bonchev–Trinajstić information content (AvgIpc) is 2.44. The fraction of sp³-hybridized carbons (Fsp3) is 0.625. The highest BCUT2D eigenvalue weighted by molar-refractivity contribution is 5.22. The van der Waals surface area contributed by atoms with Gasteiger partial charge < -0.3 is 10.2 Å². The molecule has 0 radical (unpaired) electrons. The topological polar surface area (TPSA) is 18.5 Å². The van der Waals surface area contributed by atoms with Gasteiger partial charge in [-0.15, -0.1) is 0 Å². The highest BCUT2D eigenvalue weighted by atomic mass is 15.2. The van der Waals surface area contributed by atoms with Gasteiger partial charge in [-0.05, 0) is 37.7 Å². The molecule has 1 saturated heterocycles. The average molecular weight is 261 g/mol. The Morgan fingerprint density at radius 3 is 2.26 bits per heavy atom. The fourth-order valence-corrected chi connectivity index (χ4v) is 2.49. The lowest BCUT2D eigenvalue weighted by Crippen LogP contribution is -2.43. The van der Waals surface area contributed by atoms with Crippen LogP contribution in [-0.4, -0.2) is 56.1 Å². The second-order valence-electron chi connectivity index (χ2n) is 5.50. The molecule has 1 aromatic carbocycles. The van der Waals surface area contributed by atoms with Crippen LogP contribution in [0.2, 0.25) is 0 Å². The van der Waals surface area contributed by atoms with Gasteiger partial charge in [0.15, 0.2) is 0 Å². The van der Waals surface area contributed by atoms with E-state index in [0.29, 0.717) is 0 Å². The van der Waals surface area contributed by atoms with Gasteiger partial charge in [-0.1, -0.05) is 31.2 Å². The predicted octanol–water partition coefficient (Wildman–Crippen LogP) is 1.59. The minimum Gasteiger partial charge on any atom is -0.317 e. The smallest absolute Gasteiger partial charge is 0.0234 e. The van der Waals surface area contributed by atoms with Crippen molar-refractivity contribution in [1.29, 1.82) is 0 Å². The summed E-state index contributed by atoms with van der Waals surface area (Å²) in [4.78, 5) is 4.95. The molecule has 1 fully saturated rings. The molecular formula is C16H27N3. The molecule has 1 N–H and O–H groups in total. The van der Waals surface area contributed by atoms with Crippen LogP contribution in [0.1, 0.15) is 18.1 Å². The lowest BCUT2D eigenvalue weighted by molar-refractivity contribution is 0.148. The summed E-state index contributed by atoms with van der Waals surface area (Å²) in [6, 6.07) is 9.14. The summed E-state index contributed by atoms with van der Waals surface area (Å²) < 4.78 is 0. The van der Waals surface area contributed by atoms with Crippen molar-refractivity contribution in [2.45, 2.75) is 19.9 Å². The van der Waals surface area contributed by atoms with Crippen LogP contribution < -0.4 is 5.32 Å². The number of likely N-dealkylation sites (N-methyl/N-ethyl adjacent to an activating group) is 2. The normalized spacial score (nSPS) is 17.8. The van der Waals surface area contributed by atoms with Crippen LogP contribution in [0, 0.1) is 0 Å². The Bertz CT molecular complexity index is 353. The summed E-state index contributed by atoms with van der Waals surface area (Å²) in [5.41, 5.74) is 2.87. The van der Waals surface area contributed by atoms with Gasteiger partial charge in [0, 0.05) is 32.7 Å². The van der Waals surface area contributed by atoms with Gasteiger partial charge in [0.05, 0.1) is 0 Å². The minimum absolute atomic E-state index is 1.06. The molecule has 1 heterocycles. The highest BCUT2D eigenvalue weighted by Gasteiger charge is 2.13. The first-order valence-electron chi connectivity index (χ1n) is 7.47. The van der Waals surface area contributed by atoms with E-state index in [-0.39, 0.29) is 0 Å². The van der Waals surface area contributed by atoms with E-state index in [0.717, 1.165) is 26.1 Å². The molecule has 0 unspecified atom stereocenters. The first kappa shape index (κ1) is 14.5. The van der Waals surface area contributed by atoms with E-state index < -0.39 is 0 Å². The summed E-state index contributed by atoms with van der Waals surface area (Å²) >= 11 is 0. The molecule has 3 nitrogen and oxygen atoms in total. The molecule has 0 aliphatic carbocycles. The van der Waals surface area contributed by atoms with Crippen molar-refractivity contribution in [3.05, 3.63) is 35.4 Å². The van der Waals surface area contributed by atoms with Gasteiger partial charge >= 0.3 is 0 Å². The van der Waals surface area contributed by atoms with E-state index in [1.165, 1.54) is 37.3 Å². The third-order valence-corrected chi connectivity index (χ3v) is 3.87. The quantitative estimate of drug-likeness (QED) is 0.785. The zero-order valence-corrected chi connectivity index (χ0v) is 12.4. The van der Waals surface area contributed by atoms with Crippen LogP contribution in [-0.2, 0) is 13.0 Å². The van der Waals surface area contributed by atoms with Gasteiger partial charge in [-0.3, -0.25) is 4.90 Å². The molecule has 0 aromatic heterocycles. The van der Waals surface area contributed by atoms with Crippen LogP contribution in [0.3, 0.4) is 0 Å². The van der Waals surface area contributed by atoms with Crippen molar-refractivity contribution >= 4 is 0 Å². The maximum atomic E-state index is 3.37. The van der Waals surface area contributed by atoms with Crippen LogP contribution >= 0.6 is 0 Å². The van der Waals surface area contributed by atoms with Gasteiger partial charge in [0.1, 0.15) is 0 Å². The molecule has 3 heteroatoms. The van der Waals surface area contributed by atoms with Crippen molar-refractivity contribution in [1.82, 2.24) is 15.1 Å². The molecular weight excluding hydrogens is 234 g/mol. The number of piperazine rings is 1. The number of hydrogen-bond acceptors (Lipinski definition) is 3. The lowest BCUT2D eigenvalue weighted by atomic mass is 10.1. The van der Waals surface area contributed by atoms with Gasteiger partial charge in [-0.25, -0.2) is 0 Å². The summed E-state index contributed by atoms with van der Waals surface area (Å²) in [6.07, 6.45) is 1.13. The molecule has 0 spiro atoms. The molecule has 1 aliphatic rings. The van der Waals surface area contributed by atoms with E-state index in [1.54, 1.807) is 0 Å². The minimum atomic E-state index is 1.06. The summed E-state index contributed by atoms with van der Waals surface area (Å²) in [7, 11) is 2.20. The molecule has 0 atom stereocenters. The van der Waals surface area contributed by atoms with Gasteiger partial charge in [0.25, 0.3) is 0 Å². The standard InChI is InChI=1S/C16H27N3/c1-3-17-9-8-15-4-6-16(7-5-15)14-19-12-10-18(2)11-13-19/h4-7,17H,3,8-14H2,1-2H3. The third-order valence-electron chi connectivity index (χ3n) is 3.87. The Hall–Kier alpha value is -0.900. The van der Waals surface area contributed by atoms with Gasteiger partial charge in [-0.2, -0.15) is 0 Å². The largest absolute Gasteiger partial charge is 0.317 e. The first-order chi connectivity index (χ1) is 9.28. The molecule has 0 bridgehead atoms. The summed E-state index contributed by atoms with van der Waals surface area (Å²) in [6.45, 7) is 10.2. The Morgan fingerprint density at radius 1 is 1.00 bits per heavy atom. The maximum absolute atomic E-state index is 3.37. The zero-order valence-electron chi connectivity index (χ0n) is 12.4. The molecule has 1 aliphatic heterocycles. The van der Waals surface area contributed by atoms with Crippen LogP contribution in [0.5, 0.6) is 0 Å². The summed E-state index contributed by atoms with van der Waals surface area (Å²) in [5.74, 6) is 0. The second kappa shape index (κ2) is 7.63. The summed E-state index contributed by atoms with van der Waals surface area (Å²) in [5, 5.41) is 3.37. The molecule has 2 rings (SSSR count). The number of rotatable bonds is 6. The van der Waals surface area contributed by atoms with Crippen LogP contribution in [0.4, 0.5) is 0 Å². The molecule has 19 heavy (non-hydrogen) atoms. The first-order valence-corrected chi connectivity index (χ1v) is 7.47. The Labute approximate surface area is 117 Å². The van der Waals surface area contributed by atoms with Crippen LogP contribution in [0.25, 0.3) is 0 Å². The van der Waals surface area contributed by atoms with E-state index >= 15 is 0 Å². The monoisotopic (exact) mass is 261 g/mol. The fourth-order valence-electron chi connectivity index (χ4n) is 2.49. The van der Waals surface area contributed by atoms with E-state index in [4.69, 9.17) is 0 Å². The van der Waals surface area contributed by atoms with E-state index in [9.17, 15) is 0 Å². The molecule has 106 valence electrons. The third kappa shape index (κ3) is 4.94. The number of nitrogens with zero attached hydrogens (tertiary/aromatic N) is 2. The van der Waals surface area contributed by atoms with E-state index in [1.807, 2.05) is 0 Å². The van der Waals surface area contributed by atoms with Crippen molar-refractivity contribution in [3.63, 3.8) is 0 Å². The second-order valence-corrected chi connectivity index (χ2v) is 5.50. The number of hydrogen-bond donors (Lipinski definition) is 1. The van der Waals surface area contributed by atoms with Crippen molar-refractivity contribution in [3.8, 4) is 0 Å². The lowest BCUT2D eigenvalue weighted by Gasteiger charge is -2.32. The van der Waals surface area contributed by atoms with Crippen LogP contribution in [0.15, 0.2) is 24.3 Å². The highest BCUT2D eigenvalue weighted by Crippen LogP contribution is 2.10. The molecule has 0 amide bonds. The molecule has 0 saturated carbocycles. The SMILES string of the molecule is CCNCCc1ccc(CN2CCN(C)CC2)cc1. The Kier molecular flexibility index (Phi) is 5.83. The van der Waals surface area contributed by atoms with Crippen molar-refractivity contribution < 1.29 is 0 Å². The number of benzene rings is 1. The van der Waals surface area contributed by atoms with Gasteiger partial charge in [0.2, 0.25) is 0 Å². The van der Waals surface area contributed by atoms with Crippen molar-refractivity contribution in [2.24, 2.45) is 0 Å². The Morgan fingerprint density at radius 2 is 1.63 bits per heavy atom. The Balaban J connectivity index is 1.78. The van der Waals surface area contributed by atoms with Crippen molar-refractivity contribution in [2.75, 3.05) is 46.3 Å². The predicted molar refractivity (Wildman–Crippen MR) is 81.5 cm³/mol. The zero-order chi connectivity index (χ0) is 13.5. The number of nitrogens with one attached hydrogen (secondary N) is 1. The maximum Gasteiger partial charge on any atom is 0.0234 e.